The van der Waals surface area contributed by atoms with Gasteiger partial charge in [0.05, 0.1) is 26.9 Å². The predicted octanol–water partition coefficient (Wildman–Crippen LogP) is 1.04. The van der Waals surface area contributed by atoms with Crippen LogP contribution in [0, 0.1) is 10.1 Å². The van der Waals surface area contributed by atoms with Crippen molar-refractivity contribution in [2.75, 3.05) is 17.6 Å². The lowest BCUT2D eigenvalue weighted by molar-refractivity contribution is -0.384. The zero-order valence-electron chi connectivity index (χ0n) is 10.6. The van der Waals surface area contributed by atoms with Gasteiger partial charge in [-0.15, -0.1) is 0 Å². The smallest absolute Gasteiger partial charge is 0.338 e. The molecule has 0 radical (unpaired) electrons. The number of nitro groups is 1. The number of benzene rings is 1. The molecular formula is C10H12ClN3O6S. The third-order valence-electron chi connectivity index (χ3n) is 2.42. The predicted molar refractivity (Wildman–Crippen MR) is 76.1 cm³/mol. The number of non-ortho nitro benzene ring substituents is 1. The van der Waals surface area contributed by atoms with E-state index in [-0.39, 0.29) is 35.0 Å². The van der Waals surface area contributed by atoms with E-state index in [2.05, 4.69) is 5.32 Å². The number of nitro benzene ring substituents is 1. The number of anilines is 1. The van der Waals surface area contributed by atoms with Crippen LogP contribution in [0.15, 0.2) is 12.1 Å². The first-order valence-corrected chi connectivity index (χ1v) is 7.66. The summed E-state index contributed by atoms with van der Waals surface area (Å²) in [6.45, 7) is 0.0915. The summed E-state index contributed by atoms with van der Waals surface area (Å²) in [5.74, 6) is -1.68. The average Bonchev–Trinajstić information content (AvgIpc) is 2.33. The topological polar surface area (TPSA) is 153 Å². The third kappa shape index (κ3) is 5.17. The molecular weight excluding hydrogens is 326 g/mol. The van der Waals surface area contributed by atoms with E-state index in [1.807, 2.05) is 0 Å². The number of nitrogens with one attached hydrogen (secondary N) is 1. The molecule has 0 aliphatic carbocycles. The van der Waals surface area contributed by atoms with Gasteiger partial charge in [-0.25, -0.2) is 18.4 Å². The normalized spacial score (nSPS) is 11.1. The van der Waals surface area contributed by atoms with E-state index in [0.29, 0.717) is 0 Å². The van der Waals surface area contributed by atoms with E-state index in [0.717, 1.165) is 12.1 Å². The Balaban J connectivity index is 2.96. The van der Waals surface area contributed by atoms with E-state index in [9.17, 15) is 23.3 Å². The number of carbonyl (C=O) groups is 1. The summed E-state index contributed by atoms with van der Waals surface area (Å²) in [6.07, 6.45) is 0.130. The molecule has 0 atom stereocenters. The second-order valence-corrected chi connectivity index (χ2v) is 6.20. The van der Waals surface area contributed by atoms with Gasteiger partial charge in [-0.2, -0.15) is 0 Å². The van der Waals surface area contributed by atoms with Gasteiger partial charge >= 0.3 is 5.97 Å². The van der Waals surface area contributed by atoms with Crippen LogP contribution in [0.5, 0.6) is 0 Å². The van der Waals surface area contributed by atoms with Crippen molar-refractivity contribution >= 4 is 39.0 Å². The summed E-state index contributed by atoms with van der Waals surface area (Å²) in [5.41, 5.74) is -0.832. The molecule has 0 bridgehead atoms. The van der Waals surface area contributed by atoms with Crippen LogP contribution >= 0.6 is 11.6 Å². The van der Waals surface area contributed by atoms with Crippen molar-refractivity contribution < 1.29 is 23.2 Å². The minimum Gasteiger partial charge on any atom is -0.478 e. The first-order valence-electron chi connectivity index (χ1n) is 5.57. The van der Waals surface area contributed by atoms with Gasteiger partial charge in [0.15, 0.2) is 0 Å². The minimum absolute atomic E-state index is 0.0100. The molecule has 116 valence electrons. The van der Waals surface area contributed by atoms with Crippen molar-refractivity contribution in [1.82, 2.24) is 0 Å². The molecule has 0 saturated heterocycles. The van der Waals surface area contributed by atoms with Gasteiger partial charge < -0.3 is 10.4 Å². The number of rotatable bonds is 7. The highest BCUT2D eigenvalue weighted by Gasteiger charge is 2.19. The summed E-state index contributed by atoms with van der Waals surface area (Å²) in [5, 5.41) is 27.0. The molecule has 0 aromatic heterocycles. The van der Waals surface area contributed by atoms with Crippen LogP contribution in [0.3, 0.4) is 0 Å². The maximum Gasteiger partial charge on any atom is 0.338 e. The monoisotopic (exact) mass is 337 g/mol. The van der Waals surface area contributed by atoms with E-state index in [1.165, 1.54) is 0 Å². The summed E-state index contributed by atoms with van der Waals surface area (Å²) < 4.78 is 21.5. The molecule has 0 saturated carbocycles. The molecule has 1 aromatic carbocycles. The maximum atomic E-state index is 11.1. The summed E-state index contributed by atoms with van der Waals surface area (Å²) in [6, 6.07) is 1.88. The molecule has 0 fully saturated rings. The first-order chi connectivity index (χ1) is 9.61. The van der Waals surface area contributed by atoms with Crippen LogP contribution in [0.2, 0.25) is 5.02 Å². The largest absolute Gasteiger partial charge is 0.478 e. The van der Waals surface area contributed by atoms with E-state index in [4.69, 9.17) is 21.8 Å². The molecule has 0 spiro atoms. The minimum atomic E-state index is -3.61. The molecule has 1 aromatic rings. The van der Waals surface area contributed by atoms with Crippen LogP contribution < -0.4 is 10.5 Å². The number of hydrogen-bond acceptors (Lipinski definition) is 6. The van der Waals surface area contributed by atoms with Crippen molar-refractivity contribution in [2.24, 2.45) is 5.14 Å². The van der Waals surface area contributed by atoms with Crippen LogP contribution in [-0.2, 0) is 10.0 Å². The molecule has 0 aliphatic heterocycles. The lowest BCUT2D eigenvalue weighted by Gasteiger charge is -2.11. The van der Waals surface area contributed by atoms with Gasteiger partial charge in [-0.1, -0.05) is 11.6 Å². The van der Waals surface area contributed by atoms with Crippen molar-refractivity contribution in [1.29, 1.82) is 0 Å². The van der Waals surface area contributed by atoms with Crippen molar-refractivity contribution in [3.63, 3.8) is 0 Å². The Morgan fingerprint density at radius 3 is 2.57 bits per heavy atom. The van der Waals surface area contributed by atoms with Gasteiger partial charge in [0.1, 0.15) is 0 Å². The van der Waals surface area contributed by atoms with Gasteiger partial charge in [0.2, 0.25) is 10.0 Å². The number of halogens is 1. The van der Waals surface area contributed by atoms with Crippen LogP contribution in [0.4, 0.5) is 11.4 Å². The maximum absolute atomic E-state index is 11.1. The molecule has 0 unspecified atom stereocenters. The van der Waals surface area contributed by atoms with Gasteiger partial charge in [0, 0.05) is 18.7 Å². The highest BCUT2D eigenvalue weighted by atomic mass is 35.5. The number of hydrogen-bond donors (Lipinski definition) is 3. The number of nitrogens with zero attached hydrogens (tertiary/aromatic N) is 1. The molecule has 0 aliphatic rings. The lowest BCUT2D eigenvalue weighted by Crippen LogP contribution is -2.19. The molecule has 0 amide bonds. The van der Waals surface area contributed by atoms with Crippen molar-refractivity contribution in [3.05, 3.63) is 32.8 Å². The van der Waals surface area contributed by atoms with Gasteiger partial charge in [-0.3, -0.25) is 10.1 Å². The fraction of sp³-hybridized carbons (Fsp3) is 0.300. The summed E-state index contributed by atoms with van der Waals surface area (Å²) in [4.78, 5) is 21.0. The second-order valence-electron chi connectivity index (χ2n) is 4.06. The molecule has 0 heterocycles. The molecule has 4 N–H and O–H groups in total. The molecule has 21 heavy (non-hydrogen) atoms. The molecule has 11 heteroatoms. The molecule has 1 rings (SSSR count). The Morgan fingerprint density at radius 2 is 2.10 bits per heavy atom. The number of carboxylic acids is 1. The number of nitrogens with two attached hydrogens (primary N) is 1. The van der Waals surface area contributed by atoms with E-state index >= 15 is 0 Å². The highest BCUT2D eigenvalue weighted by Crippen LogP contribution is 2.31. The number of aromatic carboxylic acids is 1. The van der Waals surface area contributed by atoms with E-state index in [1.54, 1.807) is 0 Å². The van der Waals surface area contributed by atoms with Crippen molar-refractivity contribution in [2.45, 2.75) is 6.42 Å². The Morgan fingerprint density at radius 1 is 1.48 bits per heavy atom. The van der Waals surface area contributed by atoms with E-state index < -0.39 is 26.6 Å². The Bertz CT molecular complexity index is 676. The number of primary sulfonamides is 1. The number of carboxylic acid groups (broad SMARTS) is 1. The first kappa shape index (κ1) is 17.1. The zero-order chi connectivity index (χ0) is 16.2. The number of sulfonamides is 1. The zero-order valence-corrected chi connectivity index (χ0v) is 12.1. The van der Waals surface area contributed by atoms with Crippen LogP contribution in [0.25, 0.3) is 0 Å². The SMILES string of the molecule is NS(=O)(=O)CCCNc1c(Cl)cc([N+](=O)[O-])cc1C(=O)O. The summed E-state index contributed by atoms with van der Waals surface area (Å²) in [7, 11) is -3.61. The standard InChI is InChI=1S/C10H12ClN3O6S/c11-8-5-6(14(17)18)4-7(10(15)16)9(8)13-2-1-3-21(12,19)20/h4-5,13H,1-3H2,(H,15,16)(H2,12,19,20). The fourth-order valence-electron chi connectivity index (χ4n) is 1.53. The van der Waals surface area contributed by atoms with Crippen molar-refractivity contribution in [3.8, 4) is 0 Å². The quantitative estimate of drug-likeness (QED) is 0.381. The third-order valence-corrected chi connectivity index (χ3v) is 3.58. The fourth-order valence-corrected chi connectivity index (χ4v) is 2.36. The Hall–Kier alpha value is -1.91. The van der Waals surface area contributed by atoms with Gasteiger partial charge in [0.25, 0.3) is 5.69 Å². The summed E-state index contributed by atoms with van der Waals surface area (Å²) >= 11 is 5.82. The van der Waals surface area contributed by atoms with Crippen LogP contribution in [-0.4, -0.2) is 36.7 Å². The van der Waals surface area contributed by atoms with Crippen LogP contribution in [0.1, 0.15) is 16.8 Å². The second kappa shape index (κ2) is 6.70. The average molecular weight is 338 g/mol. The van der Waals surface area contributed by atoms with Gasteiger partial charge in [-0.05, 0) is 6.42 Å². The Labute approximate surface area is 124 Å². The lowest BCUT2D eigenvalue weighted by atomic mass is 10.1. The molecule has 9 nitrogen and oxygen atoms in total. The highest BCUT2D eigenvalue weighted by molar-refractivity contribution is 7.89. The Kier molecular flexibility index (Phi) is 5.47.